The molecule has 0 aromatic rings. The largest absolute Gasteiger partial charge is 0.499 e. The highest BCUT2D eigenvalue weighted by Gasteiger charge is 2.06. The van der Waals surface area contributed by atoms with Crippen LogP contribution in [0.5, 0.6) is 0 Å². The quantitative estimate of drug-likeness (QED) is 0.593. The van der Waals surface area contributed by atoms with E-state index >= 15 is 0 Å². The Balaban J connectivity index is 2.79. The number of methoxy groups -OCH3 is 1. The van der Waals surface area contributed by atoms with E-state index in [1.54, 1.807) is 7.11 Å². The molecule has 0 saturated heterocycles. The molecular formula is C9H13NO. The van der Waals surface area contributed by atoms with Crippen LogP contribution in [0.25, 0.3) is 0 Å². The second kappa shape index (κ2) is 3.28. The lowest BCUT2D eigenvalue weighted by Crippen LogP contribution is -2.19. The Bertz CT molecular complexity index is 216. The first-order valence-electron chi connectivity index (χ1n) is 3.55. The van der Waals surface area contributed by atoms with Gasteiger partial charge in [-0.3, -0.25) is 0 Å². The van der Waals surface area contributed by atoms with Gasteiger partial charge in [0.2, 0.25) is 0 Å². The second-order valence-corrected chi connectivity index (χ2v) is 2.56. The standard InChI is InChI=1S/C9H13NO/c1-4-8-5-9(11-3)7-10(2)6-8/h4-6H,1,7H2,2-3H3. The molecule has 0 aromatic carbocycles. The minimum atomic E-state index is 0.841. The summed E-state index contributed by atoms with van der Waals surface area (Å²) in [4.78, 5) is 2.07. The molecular weight excluding hydrogens is 138 g/mol. The molecule has 0 saturated carbocycles. The van der Waals surface area contributed by atoms with Gasteiger partial charge in [0.15, 0.2) is 0 Å². The third-order valence-corrected chi connectivity index (χ3v) is 1.60. The van der Waals surface area contributed by atoms with Crippen LogP contribution in [0.4, 0.5) is 0 Å². The highest BCUT2D eigenvalue weighted by molar-refractivity contribution is 5.33. The molecule has 0 fully saturated rings. The Labute approximate surface area is 67.5 Å². The summed E-state index contributed by atoms with van der Waals surface area (Å²) in [7, 11) is 3.70. The molecule has 0 radical (unpaired) electrons. The van der Waals surface area contributed by atoms with E-state index in [1.807, 2.05) is 25.4 Å². The van der Waals surface area contributed by atoms with Crippen LogP contribution in [0, 0.1) is 0 Å². The van der Waals surface area contributed by atoms with Crippen molar-refractivity contribution < 1.29 is 4.74 Å². The van der Waals surface area contributed by atoms with Crippen molar-refractivity contribution in [3.8, 4) is 0 Å². The maximum absolute atomic E-state index is 5.12. The summed E-state index contributed by atoms with van der Waals surface area (Å²) in [5, 5.41) is 0. The van der Waals surface area contributed by atoms with Crippen molar-refractivity contribution in [1.29, 1.82) is 0 Å². The van der Waals surface area contributed by atoms with Crippen molar-refractivity contribution in [1.82, 2.24) is 4.90 Å². The van der Waals surface area contributed by atoms with E-state index in [2.05, 4.69) is 11.5 Å². The zero-order valence-corrected chi connectivity index (χ0v) is 7.00. The molecule has 0 amide bonds. The Hall–Kier alpha value is -1.18. The van der Waals surface area contributed by atoms with Crippen molar-refractivity contribution in [2.24, 2.45) is 0 Å². The van der Waals surface area contributed by atoms with Gasteiger partial charge < -0.3 is 9.64 Å². The fourth-order valence-corrected chi connectivity index (χ4v) is 1.05. The zero-order chi connectivity index (χ0) is 8.27. The van der Waals surface area contributed by atoms with Gasteiger partial charge in [0, 0.05) is 13.2 Å². The molecule has 0 aromatic heterocycles. The maximum atomic E-state index is 5.12. The fourth-order valence-electron chi connectivity index (χ4n) is 1.05. The number of allylic oxidation sites excluding steroid dienone is 3. The monoisotopic (exact) mass is 151 g/mol. The molecule has 1 rings (SSSR count). The van der Waals surface area contributed by atoms with Crippen LogP contribution in [-0.2, 0) is 4.74 Å². The summed E-state index contributed by atoms with van der Waals surface area (Å²) >= 11 is 0. The van der Waals surface area contributed by atoms with Gasteiger partial charge in [-0.05, 0) is 11.6 Å². The second-order valence-electron chi connectivity index (χ2n) is 2.56. The van der Waals surface area contributed by atoms with Crippen molar-refractivity contribution in [2.75, 3.05) is 20.7 Å². The molecule has 1 aliphatic rings. The number of ether oxygens (including phenoxy) is 1. The van der Waals surface area contributed by atoms with E-state index in [-0.39, 0.29) is 0 Å². The van der Waals surface area contributed by atoms with Crippen molar-refractivity contribution in [3.05, 3.63) is 36.3 Å². The molecule has 0 unspecified atom stereocenters. The van der Waals surface area contributed by atoms with Gasteiger partial charge in [-0.2, -0.15) is 0 Å². The van der Waals surface area contributed by atoms with Crippen LogP contribution >= 0.6 is 0 Å². The Kier molecular flexibility index (Phi) is 2.36. The van der Waals surface area contributed by atoms with Crippen LogP contribution < -0.4 is 0 Å². The smallest absolute Gasteiger partial charge is 0.115 e. The average Bonchev–Trinajstić information content (AvgIpc) is 2.03. The highest BCUT2D eigenvalue weighted by Crippen LogP contribution is 2.12. The van der Waals surface area contributed by atoms with E-state index in [0.29, 0.717) is 0 Å². The fraction of sp³-hybridized carbons (Fsp3) is 0.333. The highest BCUT2D eigenvalue weighted by atomic mass is 16.5. The molecule has 0 atom stereocenters. The van der Waals surface area contributed by atoms with Crippen LogP contribution in [-0.4, -0.2) is 25.6 Å². The lowest BCUT2D eigenvalue weighted by molar-refractivity contribution is 0.253. The lowest BCUT2D eigenvalue weighted by Gasteiger charge is -2.20. The average molecular weight is 151 g/mol. The van der Waals surface area contributed by atoms with Crippen molar-refractivity contribution in [2.45, 2.75) is 0 Å². The van der Waals surface area contributed by atoms with Gasteiger partial charge in [0.1, 0.15) is 5.76 Å². The first kappa shape index (κ1) is 7.92. The zero-order valence-electron chi connectivity index (χ0n) is 7.00. The summed E-state index contributed by atoms with van der Waals surface area (Å²) in [5.41, 5.74) is 1.09. The third-order valence-electron chi connectivity index (χ3n) is 1.60. The van der Waals surface area contributed by atoms with Crippen molar-refractivity contribution >= 4 is 0 Å². The molecule has 0 N–H and O–H groups in total. The minimum absolute atomic E-state index is 0.841. The first-order chi connectivity index (χ1) is 5.26. The van der Waals surface area contributed by atoms with Gasteiger partial charge in [0.05, 0.1) is 13.7 Å². The number of hydrogen-bond acceptors (Lipinski definition) is 2. The van der Waals surface area contributed by atoms with Gasteiger partial charge >= 0.3 is 0 Å². The molecule has 11 heavy (non-hydrogen) atoms. The molecule has 2 heteroatoms. The summed E-state index contributed by atoms with van der Waals surface area (Å²) in [6.07, 6.45) is 5.84. The lowest BCUT2D eigenvalue weighted by atomic mass is 10.2. The van der Waals surface area contributed by atoms with Gasteiger partial charge in [-0.25, -0.2) is 0 Å². The van der Waals surface area contributed by atoms with Gasteiger partial charge in [0.25, 0.3) is 0 Å². The normalized spacial score (nSPS) is 17.1. The SMILES string of the molecule is C=CC1=CN(C)CC(OC)=C1. The number of nitrogens with zero attached hydrogens (tertiary/aromatic N) is 1. The van der Waals surface area contributed by atoms with Crippen LogP contribution in [0.2, 0.25) is 0 Å². The van der Waals surface area contributed by atoms with Gasteiger partial charge in [-0.1, -0.05) is 12.7 Å². The van der Waals surface area contributed by atoms with Crippen molar-refractivity contribution in [3.63, 3.8) is 0 Å². The van der Waals surface area contributed by atoms with E-state index in [1.165, 1.54) is 0 Å². The molecule has 0 bridgehead atoms. The summed E-state index contributed by atoms with van der Waals surface area (Å²) < 4.78 is 5.12. The minimum Gasteiger partial charge on any atom is -0.499 e. The van der Waals surface area contributed by atoms with E-state index in [9.17, 15) is 0 Å². The molecule has 60 valence electrons. The molecule has 2 nitrogen and oxygen atoms in total. The summed E-state index contributed by atoms with van der Waals surface area (Å²) in [6.45, 7) is 4.53. The summed E-state index contributed by atoms with van der Waals surface area (Å²) in [6, 6.07) is 0. The Morgan fingerprint density at radius 2 is 2.45 bits per heavy atom. The van der Waals surface area contributed by atoms with E-state index in [4.69, 9.17) is 4.74 Å². The number of likely N-dealkylation sites (N-methyl/N-ethyl adjacent to an activating group) is 1. The molecule has 0 aliphatic carbocycles. The first-order valence-corrected chi connectivity index (χ1v) is 3.55. The molecule has 0 spiro atoms. The predicted molar refractivity (Wildman–Crippen MR) is 46.0 cm³/mol. The van der Waals surface area contributed by atoms with Crippen LogP contribution in [0.3, 0.4) is 0 Å². The van der Waals surface area contributed by atoms with Crippen LogP contribution in [0.15, 0.2) is 36.3 Å². The maximum Gasteiger partial charge on any atom is 0.115 e. The number of rotatable bonds is 2. The van der Waals surface area contributed by atoms with Gasteiger partial charge in [-0.15, -0.1) is 0 Å². The summed E-state index contributed by atoms with van der Waals surface area (Å²) in [5.74, 6) is 0.977. The number of hydrogen-bond donors (Lipinski definition) is 0. The van der Waals surface area contributed by atoms with Crippen LogP contribution in [0.1, 0.15) is 0 Å². The van der Waals surface area contributed by atoms with E-state index < -0.39 is 0 Å². The molecule has 1 aliphatic heterocycles. The third kappa shape index (κ3) is 1.87. The van der Waals surface area contributed by atoms with E-state index in [0.717, 1.165) is 17.9 Å². The predicted octanol–water partition coefficient (Wildman–Crippen LogP) is 1.53. The molecule has 1 heterocycles. The Morgan fingerprint density at radius 1 is 1.73 bits per heavy atom. The Morgan fingerprint density at radius 3 is 3.00 bits per heavy atom. The topological polar surface area (TPSA) is 12.5 Å².